The van der Waals surface area contributed by atoms with Crippen molar-refractivity contribution in [3.8, 4) is 0 Å². The minimum atomic E-state index is -0.0720. The fourth-order valence-corrected chi connectivity index (χ4v) is 2.60. The van der Waals surface area contributed by atoms with Gasteiger partial charge in [0.25, 0.3) is 5.56 Å². The average molecular weight is 333 g/mol. The lowest BCUT2D eigenvalue weighted by molar-refractivity contribution is 0.145. The highest BCUT2D eigenvalue weighted by Gasteiger charge is 2.34. The van der Waals surface area contributed by atoms with Crippen molar-refractivity contribution in [3.63, 3.8) is 0 Å². The lowest BCUT2D eigenvalue weighted by atomic mass is 9.67. The van der Waals surface area contributed by atoms with Crippen LogP contribution in [0.5, 0.6) is 0 Å². The predicted molar refractivity (Wildman–Crippen MR) is 72.6 cm³/mol. The summed E-state index contributed by atoms with van der Waals surface area (Å²) in [6, 6.07) is 0. The molecule has 88 valence electrons. The van der Waals surface area contributed by atoms with Crippen LogP contribution in [0.2, 0.25) is 0 Å². The third-order valence-electron chi connectivity index (χ3n) is 3.59. The molecule has 0 unspecified atom stereocenters. The quantitative estimate of drug-likeness (QED) is 0.832. The molecule has 1 saturated carbocycles. The van der Waals surface area contributed by atoms with E-state index >= 15 is 0 Å². The molecule has 1 aromatic rings. The van der Waals surface area contributed by atoms with Gasteiger partial charge in [-0.1, -0.05) is 13.3 Å². The number of H-pyrrole nitrogens is 1. The molecular formula is C11H16IN3O. The molecule has 4 nitrogen and oxygen atoms in total. The van der Waals surface area contributed by atoms with Crippen LogP contribution in [0.15, 0.2) is 11.1 Å². The van der Waals surface area contributed by atoms with Crippen molar-refractivity contribution >= 4 is 28.4 Å². The predicted octanol–water partition coefficient (Wildman–Crippen LogP) is 2.37. The van der Waals surface area contributed by atoms with Gasteiger partial charge >= 0.3 is 0 Å². The van der Waals surface area contributed by atoms with Crippen LogP contribution in [0, 0.1) is 8.99 Å². The zero-order chi connectivity index (χ0) is 11.6. The number of nitrogens with one attached hydrogen (secondary N) is 2. The minimum absolute atomic E-state index is 0.0720. The number of rotatable bonds is 4. The van der Waals surface area contributed by atoms with Gasteiger partial charge in [-0.3, -0.25) is 4.79 Å². The van der Waals surface area contributed by atoms with E-state index in [1.807, 2.05) is 22.6 Å². The molecule has 16 heavy (non-hydrogen) atoms. The van der Waals surface area contributed by atoms with Crippen molar-refractivity contribution in [2.45, 2.75) is 32.6 Å². The molecule has 1 aliphatic carbocycles. The standard InChI is InChI=1S/C11H16IN3O/c1-2-11(4-3-5-11)6-13-9-8(12)10(16)15-7-14-9/h7H,2-6H2,1H3,(H2,13,14,15,16). The van der Waals surface area contributed by atoms with Crippen molar-refractivity contribution in [1.29, 1.82) is 0 Å². The van der Waals surface area contributed by atoms with Gasteiger partial charge in [-0.05, 0) is 47.3 Å². The molecule has 2 rings (SSSR count). The summed E-state index contributed by atoms with van der Waals surface area (Å²) in [5.41, 5.74) is 0.366. The Kier molecular flexibility index (Phi) is 3.51. The number of aromatic amines is 1. The maximum Gasteiger partial charge on any atom is 0.266 e. The summed E-state index contributed by atoms with van der Waals surface area (Å²) in [4.78, 5) is 18.1. The van der Waals surface area contributed by atoms with E-state index in [4.69, 9.17) is 0 Å². The van der Waals surface area contributed by atoms with Crippen molar-refractivity contribution in [2.75, 3.05) is 11.9 Å². The van der Waals surface area contributed by atoms with Gasteiger partial charge in [0.15, 0.2) is 0 Å². The number of hydrogen-bond donors (Lipinski definition) is 2. The second-order valence-corrected chi connectivity index (χ2v) is 5.53. The van der Waals surface area contributed by atoms with Gasteiger partial charge in [0.05, 0.1) is 6.33 Å². The van der Waals surface area contributed by atoms with E-state index in [9.17, 15) is 4.79 Å². The molecule has 0 atom stereocenters. The maximum atomic E-state index is 11.4. The lowest BCUT2D eigenvalue weighted by Gasteiger charge is -2.41. The smallest absolute Gasteiger partial charge is 0.266 e. The van der Waals surface area contributed by atoms with Gasteiger partial charge < -0.3 is 10.3 Å². The Hall–Kier alpha value is -0.590. The van der Waals surface area contributed by atoms with Crippen molar-refractivity contribution < 1.29 is 0 Å². The Morgan fingerprint density at radius 3 is 2.94 bits per heavy atom. The molecule has 0 bridgehead atoms. The summed E-state index contributed by atoms with van der Waals surface area (Å²) in [7, 11) is 0. The molecule has 0 spiro atoms. The second kappa shape index (κ2) is 4.73. The first-order valence-corrected chi connectivity index (χ1v) is 6.72. The summed E-state index contributed by atoms with van der Waals surface area (Å²) in [6.07, 6.45) is 6.55. The van der Waals surface area contributed by atoms with Gasteiger partial charge in [-0.15, -0.1) is 0 Å². The number of nitrogens with zero attached hydrogens (tertiary/aromatic N) is 1. The van der Waals surface area contributed by atoms with Gasteiger partial charge in [0.1, 0.15) is 9.39 Å². The normalized spacial score (nSPS) is 17.9. The molecule has 1 heterocycles. The molecule has 0 amide bonds. The molecule has 1 aliphatic rings. The van der Waals surface area contributed by atoms with E-state index < -0.39 is 0 Å². The summed E-state index contributed by atoms with van der Waals surface area (Å²) in [5.74, 6) is 0.712. The first-order chi connectivity index (χ1) is 7.67. The molecule has 5 heteroatoms. The summed E-state index contributed by atoms with van der Waals surface area (Å²) >= 11 is 2.03. The van der Waals surface area contributed by atoms with Gasteiger partial charge in [0.2, 0.25) is 0 Å². The molecular weight excluding hydrogens is 317 g/mol. The second-order valence-electron chi connectivity index (χ2n) is 4.45. The van der Waals surface area contributed by atoms with Crippen LogP contribution in [0.1, 0.15) is 32.6 Å². The highest BCUT2D eigenvalue weighted by atomic mass is 127. The third-order valence-corrected chi connectivity index (χ3v) is 4.59. The topological polar surface area (TPSA) is 57.8 Å². The molecule has 1 fully saturated rings. The van der Waals surface area contributed by atoms with E-state index in [0.29, 0.717) is 14.8 Å². The van der Waals surface area contributed by atoms with E-state index in [0.717, 1.165) is 6.54 Å². The van der Waals surface area contributed by atoms with Crippen molar-refractivity contribution in [3.05, 3.63) is 20.3 Å². The first-order valence-electron chi connectivity index (χ1n) is 5.64. The Balaban J connectivity index is 2.04. The highest BCUT2D eigenvalue weighted by molar-refractivity contribution is 14.1. The number of hydrogen-bond acceptors (Lipinski definition) is 3. The molecule has 0 saturated heterocycles. The van der Waals surface area contributed by atoms with Gasteiger partial charge in [0, 0.05) is 6.54 Å². The monoisotopic (exact) mass is 333 g/mol. The highest BCUT2D eigenvalue weighted by Crippen LogP contribution is 2.43. The zero-order valence-electron chi connectivity index (χ0n) is 9.35. The Morgan fingerprint density at radius 2 is 2.38 bits per heavy atom. The van der Waals surface area contributed by atoms with Crippen LogP contribution in [0.4, 0.5) is 5.82 Å². The molecule has 0 radical (unpaired) electrons. The van der Waals surface area contributed by atoms with E-state index in [1.165, 1.54) is 32.0 Å². The van der Waals surface area contributed by atoms with Crippen LogP contribution in [-0.2, 0) is 0 Å². The Morgan fingerprint density at radius 1 is 1.62 bits per heavy atom. The van der Waals surface area contributed by atoms with Gasteiger partial charge in [-0.25, -0.2) is 4.98 Å². The average Bonchev–Trinajstić information content (AvgIpc) is 2.23. The van der Waals surface area contributed by atoms with E-state index in [2.05, 4.69) is 22.2 Å². The van der Waals surface area contributed by atoms with E-state index in [-0.39, 0.29) is 5.56 Å². The summed E-state index contributed by atoms with van der Waals surface area (Å²) < 4.78 is 0.644. The fraction of sp³-hybridized carbons (Fsp3) is 0.636. The van der Waals surface area contributed by atoms with Crippen molar-refractivity contribution in [1.82, 2.24) is 9.97 Å². The number of anilines is 1. The lowest BCUT2D eigenvalue weighted by Crippen LogP contribution is -2.36. The summed E-state index contributed by atoms with van der Waals surface area (Å²) in [6.45, 7) is 3.16. The largest absolute Gasteiger partial charge is 0.368 e. The molecule has 2 N–H and O–H groups in total. The number of halogens is 1. The van der Waals surface area contributed by atoms with Crippen LogP contribution >= 0.6 is 22.6 Å². The Labute approximate surface area is 108 Å². The SMILES string of the molecule is CCC1(CNc2nc[nH]c(=O)c2I)CCC1. The molecule has 1 aromatic heterocycles. The third kappa shape index (κ3) is 2.23. The zero-order valence-corrected chi connectivity index (χ0v) is 11.5. The van der Waals surface area contributed by atoms with Crippen molar-refractivity contribution in [2.24, 2.45) is 5.41 Å². The van der Waals surface area contributed by atoms with Crippen LogP contribution in [-0.4, -0.2) is 16.5 Å². The maximum absolute atomic E-state index is 11.4. The van der Waals surface area contributed by atoms with Crippen LogP contribution < -0.4 is 10.9 Å². The number of aromatic nitrogens is 2. The fourth-order valence-electron chi connectivity index (χ4n) is 2.11. The summed E-state index contributed by atoms with van der Waals surface area (Å²) in [5, 5.41) is 3.31. The first kappa shape index (κ1) is 11.9. The molecule has 0 aromatic carbocycles. The minimum Gasteiger partial charge on any atom is -0.368 e. The van der Waals surface area contributed by atoms with Gasteiger partial charge in [-0.2, -0.15) is 0 Å². The van der Waals surface area contributed by atoms with E-state index in [1.54, 1.807) is 0 Å². The van der Waals surface area contributed by atoms with Crippen LogP contribution in [0.25, 0.3) is 0 Å². The van der Waals surface area contributed by atoms with Crippen LogP contribution in [0.3, 0.4) is 0 Å². The Bertz CT molecular complexity index is 420. The molecule has 0 aliphatic heterocycles.